The monoisotopic (exact) mass is 772 g/mol. The number of hydrogen-bond donors (Lipinski definition) is 2. The summed E-state index contributed by atoms with van der Waals surface area (Å²) in [6.45, 7) is 7.08. The zero-order chi connectivity index (χ0) is 39.5. The van der Waals surface area contributed by atoms with Gasteiger partial charge in [0.2, 0.25) is 0 Å². The minimum absolute atomic E-state index is 0.0113. The van der Waals surface area contributed by atoms with Crippen molar-refractivity contribution in [3.8, 4) is 0 Å². The van der Waals surface area contributed by atoms with Crippen molar-refractivity contribution >= 4 is 33.7 Å². The molecule has 4 aromatic carbocycles. The second kappa shape index (κ2) is 22.3. The van der Waals surface area contributed by atoms with E-state index in [0.29, 0.717) is 31.7 Å². The number of rotatable bonds is 10. The predicted octanol–water partition coefficient (Wildman–Crippen LogP) is 8.20. The lowest BCUT2D eigenvalue weighted by atomic mass is 9.91. The Kier molecular flexibility index (Phi) is 17.3. The van der Waals surface area contributed by atoms with E-state index in [1.165, 1.54) is 0 Å². The first-order valence-corrected chi connectivity index (χ1v) is 20.7. The number of benzene rings is 4. The van der Waals surface area contributed by atoms with Gasteiger partial charge in [0.15, 0.2) is 0 Å². The SMILES string of the molecule is C[C@@H](Nc1ccccc1)[C@@H]1CCCN(C(=O)OCc2ccccc2)C1.C[C@H](OS(C)(=O)=O)[C@@H]1CCCN(C(=O)OCc2ccccc2)C1.Nc1ccccc1. The summed E-state index contributed by atoms with van der Waals surface area (Å²) in [5, 5.41) is 3.55. The summed E-state index contributed by atoms with van der Waals surface area (Å²) in [4.78, 5) is 28.0. The Morgan fingerprint density at radius 2 is 1.11 bits per heavy atom. The highest BCUT2D eigenvalue weighted by Gasteiger charge is 2.31. The molecule has 4 atom stereocenters. The third kappa shape index (κ3) is 16.1. The summed E-state index contributed by atoms with van der Waals surface area (Å²) in [5.74, 6) is 0.418. The zero-order valence-electron chi connectivity index (χ0n) is 32.2. The molecule has 2 amide bonds. The number of anilines is 2. The molecule has 3 N–H and O–H groups in total. The molecule has 0 bridgehead atoms. The van der Waals surface area contributed by atoms with Crippen molar-refractivity contribution in [2.24, 2.45) is 11.8 Å². The molecule has 0 radical (unpaired) electrons. The van der Waals surface area contributed by atoms with E-state index in [9.17, 15) is 18.0 Å². The van der Waals surface area contributed by atoms with Crippen molar-refractivity contribution in [1.29, 1.82) is 0 Å². The first-order chi connectivity index (χ1) is 26.5. The molecule has 12 heteroatoms. The normalized spacial score (nSPS) is 17.9. The third-order valence-electron chi connectivity index (χ3n) is 9.51. The fraction of sp³-hybridized carbons (Fsp3) is 0.395. The van der Waals surface area contributed by atoms with Gasteiger partial charge in [0.25, 0.3) is 10.1 Å². The standard InChI is InChI=1S/C21H26N2O2.C16H23NO5S.C6H7N/c1-17(22-20-12-6-3-7-13-20)19-11-8-14-23(15-19)21(24)25-16-18-9-4-2-5-10-18;1-13(22-23(2,19)20)15-9-6-10-17(11-15)16(18)21-12-14-7-4-3-5-8-14;7-6-4-2-1-3-5-6/h2-7,9-10,12-13,17,19,22H,8,11,14-16H2,1H3;3-5,7-8,13,15H,6,9-12H2,1-2H3;1-5H,7H2/t17-,19-;13-,15+;/m10./s1. The van der Waals surface area contributed by atoms with Crippen LogP contribution in [0.1, 0.15) is 50.7 Å². The van der Waals surface area contributed by atoms with Crippen LogP contribution in [0.4, 0.5) is 21.0 Å². The number of amides is 2. The Hall–Kier alpha value is -5.07. The zero-order valence-corrected chi connectivity index (χ0v) is 33.0. The van der Waals surface area contributed by atoms with Crippen LogP contribution in [0.5, 0.6) is 0 Å². The van der Waals surface area contributed by atoms with Crippen LogP contribution in [0.15, 0.2) is 121 Å². The van der Waals surface area contributed by atoms with E-state index in [0.717, 1.165) is 67.5 Å². The minimum atomic E-state index is -3.49. The molecule has 0 saturated carbocycles. The van der Waals surface area contributed by atoms with Gasteiger partial charge in [-0.05, 0) is 80.8 Å². The molecular formula is C43H56N4O7S. The number of ether oxygens (including phenoxy) is 2. The fourth-order valence-corrected chi connectivity index (χ4v) is 7.20. The molecule has 0 spiro atoms. The van der Waals surface area contributed by atoms with Crippen LogP contribution in [-0.2, 0) is 37.0 Å². The van der Waals surface area contributed by atoms with Crippen molar-refractivity contribution in [3.63, 3.8) is 0 Å². The minimum Gasteiger partial charge on any atom is -0.445 e. The summed E-state index contributed by atoms with van der Waals surface area (Å²) < 4.78 is 38.3. The van der Waals surface area contributed by atoms with Gasteiger partial charge in [0.05, 0.1) is 12.4 Å². The second-order valence-electron chi connectivity index (χ2n) is 14.0. The number of piperidine rings is 2. The lowest BCUT2D eigenvalue weighted by Gasteiger charge is -2.35. The van der Waals surface area contributed by atoms with Crippen LogP contribution in [0, 0.1) is 11.8 Å². The van der Waals surface area contributed by atoms with Crippen LogP contribution >= 0.6 is 0 Å². The molecule has 0 unspecified atom stereocenters. The smallest absolute Gasteiger partial charge is 0.410 e. The molecule has 2 aliphatic rings. The number of nitrogens with zero attached hydrogens (tertiary/aromatic N) is 2. The quantitative estimate of drug-likeness (QED) is 0.121. The highest BCUT2D eigenvalue weighted by Crippen LogP contribution is 2.24. The summed E-state index contributed by atoms with van der Waals surface area (Å²) in [7, 11) is -3.49. The van der Waals surface area contributed by atoms with Crippen LogP contribution < -0.4 is 11.1 Å². The van der Waals surface area contributed by atoms with E-state index in [1.807, 2.05) is 114 Å². The first kappa shape index (κ1) is 42.7. The van der Waals surface area contributed by atoms with Gasteiger partial charge in [-0.25, -0.2) is 9.59 Å². The lowest BCUT2D eigenvalue weighted by molar-refractivity contribution is 0.0551. The summed E-state index contributed by atoms with van der Waals surface area (Å²) in [6.07, 6.45) is 3.80. The predicted molar refractivity (Wildman–Crippen MR) is 218 cm³/mol. The van der Waals surface area contributed by atoms with Crippen LogP contribution in [-0.4, -0.2) is 75.0 Å². The van der Waals surface area contributed by atoms with E-state index >= 15 is 0 Å². The average molecular weight is 773 g/mol. The molecule has 0 aliphatic carbocycles. The number of hydrogen-bond acceptors (Lipinski definition) is 9. The van der Waals surface area contributed by atoms with Gasteiger partial charge in [-0.2, -0.15) is 8.42 Å². The van der Waals surface area contributed by atoms with Crippen molar-refractivity contribution < 1.29 is 31.7 Å². The van der Waals surface area contributed by atoms with Crippen molar-refractivity contribution in [2.45, 2.75) is 64.9 Å². The van der Waals surface area contributed by atoms with Crippen LogP contribution in [0.25, 0.3) is 0 Å². The maximum atomic E-state index is 12.4. The van der Waals surface area contributed by atoms with E-state index in [1.54, 1.807) is 11.8 Å². The van der Waals surface area contributed by atoms with Gasteiger partial charge in [-0.1, -0.05) is 97.1 Å². The topological polar surface area (TPSA) is 140 Å². The number of carbonyl (C=O) groups excluding carboxylic acids is 2. The Morgan fingerprint density at radius 1 is 0.691 bits per heavy atom. The number of carbonyl (C=O) groups is 2. The van der Waals surface area contributed by atoms with E-state index in [-0.39, 0.29) is 24.7 Å². The van der Waals surface area contributed by atoms with Gasteiger partial charge in [-0.3, -0.25) is 4.18 Å². The summed E-state index contributed by atoms with van der Waals surface area (Å²) in [5.41, 5.74) is 9.25. The Labute approximate surface area is 326 Å². The molecule has 0 aromatic heterocycles. The first-order valence-electron chi connectivity index (χ1n) is 18.9. The molecule has 55 heavy (non-hydrogen) atoms. The molecule has 296 valence electrons. The van der Waals surface area contributed by atoms with Gasteiger partial charge in [-0.15, -0.1) is 0 Å². The second-order valence-corrected chi connectivity index (χ2v) is 15.6. The molecule has 2 saturated heterocycles. The molecule has 2 aliphatic heterocycles. The van der Waals surface area contributed by atoms with E-state index < -0.39 is 16.2 Å². The highest BCUT2D eigenvalue weighted by atomic mass is 32.2. The lowest BCUT2D eigenvalue weighted by Crippen LogP contribution is -2.44. The van der Waals surface area contributed by atoms with Crippen LogP contribution in [0.2, 0.25) is 0 Å². The average Bonchev–Trinajstić information content (AvgIpc) is 3.20. The fourth-order valence-electron chi connectivity index (χ4n) is 6.49. The molecule has 2 fully saturated rings. The maximum absolute atomic E-state index is 12.4. The molecule has 4 aromatic rings. The van der Waals surface area contributed by atoms with Crippen LogP contribution in [0.3, 0.4) is 0 Å². The Balaban J connectivity index is 0.000000208. The third-order valence-corrected chi connectivity index (χ3v) is 10.2. The summed E-state index contributed by atoms with van der Waals surface area (Å²) >= 11 is 0. The van der Waals surface area contributed by atoms with Gasteiger partial charge in [0.1, 0.15) is 13.2 Å². The van der Waals surface area contributed by atoms with Gasteiger partial charge < -0.3 is 30.3 Å². The van der Waals surface area contributed by atoms with Gasteiger partial charge >= 0.3 is 12.2 Å². The van der Waals surface area contributed by atoms with Crippen molar-refractivity contribution in [2.75, 3.05) is 43.5 Å². The molecular weight excluding hydrogens is 717 g/mol. The maximum Gasteiger partial charge on any atom is 0.410 e. The molecule has 6 rings (SSSR count). The van der Waals surface area contributed by atoms with E-state index in [4.69, 9.17) is 19.4 Å². The number of para-hydroxylation sites is 2. The van der Waals surface area contributed by atoms with Gasteiger partial charge in [0, 0.05) is 49.5 Å². The van der Waals surface area contributed by atoms with Crippen molar-refractivity contribution in [1.82, 2.24) is 9.80 Å². The number of nitrogens with two attached hydrogens (primary N) is 1. The summed E-state index contributed by atoms with van der Waals surface area (Å²) in [6, 6.07) is 39.3. The number of likely N-dealkylation sites (tertiary alicyclic amines) is 2. The largest absolute Gasteiger partial charge is 0.445 e. The highest BCUT2D eigenvalue weighted by molar-refractivity contribution is 7.86. The molecule has 2 heterocycles. The Bertz CT molecular complexity index is 1800. The molecule has 11 nitrogen and oxygen atoms in total. The number of nitrogen functional groups attached to an aromatic ring is 1. The van der Waals surface area contributed by atoms with Crippen molar-refractivity contribution in [3.05, 3.63) is 132 Å². The Morgan fingerprint density at radius 3 is 1.55 bits per heavy atom. The van der Waals surface area contributed by atoms with E-state index in [2.05, 4.69) is 24.4 Å². The number of nitrogens with one attached hydrogen (secondary N) is 1.